The van der Waals surface area contributed by atoms with Gasteiger partial charge >= 0.3 is 0 Å². The van der Waals surface area contributed by atoms with Crippen molar-refractivity contribution >= 4 is 21.5 Å². The summed E-state index contributed by atoms with van der Waals surface area (Å²) in [5, 5.41) is 5.69. The van der Waals surface area contributed by atoms with Gasteiger partial charge in [-0.15, -0.1) is 0 Å². The zero-order valence-electron chi connectivity index (χ0n) is 18.9. The van der Waals surface area contributed by atoms with Gasteiger partial charge in [0.05, 0.1) is 0 Å². The molecule has 1 aliphatic carbocycles. The first-order chi connectivity index (χ1) is 15.9. The second-order valence-corrected chi connectivity index (χ2v) is 9.28. The van der Waals surface area contributed by atoms with Gasteiger partial charge in [-0.1, -0.05) is 55.0 Å². The predicted octanol–water partition coefficient (Wildman–Crippen LogP) is 6.45. The van der Waals surface area contributed by atoms with E-state index in [-0.39, 0.29) is 0 Å². The van der Waals surface area contributed by atoms with E-state index < -0.39 is 0 Å². The van der Waals surface area contributed by atoms with Crippen LogP contribution in [0.2, 0.25) is 0 Å². The van der Waals surface area contributed by atoms with Crippen LogP contribution in [0.25, 0.3) is 21.5 Å². The van der Waals surface area contributed by atoms with Crippen LogP contribution in [0.15, 0.2) is 73.3 Å². The number of fused-ring (bicyclic) bond motifs is 5. The molecule has 3 aromatic carbocycles. The van der Waals surface area contributed by atoms with Crippen molar-refractivity contribution in [2.45, 2.75) is 44.9 Å². The van der Waals surface area contributed by atoms with Gasteiger partial charge < -0.3 is 4.90 Å². The Bertz CT molecular complexity index is 1120. The SMILES string of the molecule is c1ccc2c(c1)ccc1c3c(ccc12)CC(CCN1CCCCC1)CC3.c1cnccn1. The number of aryl methyl sites for hydroxylation is 1. The molecule has 1 atom stereocenters. The number of rotatable bonds is 3. The van der Waals surface area contributed by atoms with E-state index in [9.17, 15) is 0 Å². The lowest BCUT2D eigenvalue weighted by Crippen LogP contribution is -2.32. The summed E-state index contributed by atoms with van der Waals surface area (Å²) < 4.78 is 0. The summed E-state index contributed by atoms with van der Waals surface area (Å²) in [7, 11) is 0. The molecule has 0 saturated carbocycles. The lowest BCUT2D eigenvalue weighted by molar-refractivity contribution is 0.209. The molecule has 2 aliphatic rings. The lowest BCUT2D eigenvalue weighted by atomic mass is 9.79. The van der Waals surface area contributed by atoms with Gasteiger partial charge in [0.1, 0.15) is 0 Å². The number of hydrogen-bond acceptors (Lipinski definition) is 3. The van der Waals surface area contributed by atoms with Crippen LogP contribution in [0.5, 0.6) is 0 Å². The molecule has 164 valence electrons. The van der Waals surface area contributed by atoms with Crippen molar-refractivity contribution in [3.8, 4) is 0 Å². The van der Waals surface area contributed by atoms with E-state index in [1.807, 2.05) is 0 Å². The predicted molar refractivity (Wildman–Crippen MR) is 134 cm³/mol. The summed E-state index contributed by atoms with van der Waals surface area (Å²) in [4.78, 5) is 10.1. The Labute approximate surface area is 191 Å². The Hall–Kier alpha value is -2.78. The molecule has 3 nitrogen and oxygen atoms in total. The molecule has 0 bridgehead atoms. The highest BCUT2D eigenvalue weighted by Crippen LogP contribution is 2.35. The number of likely N-dealkylation sites (tertiary alicyclic amines) is 1. The largest absolute Gasteiger partial charge is 0.303 e. The second kappa shape index (κ2) is 10.2. The van der Waals surface area contributed by atoms with E-state index in [4.69, 9.17) is 0 Å². The van der Waals surface area contributed by atoms with E-state index >= 15 is 0 Å². The number of nitrogens with zero attached hydrogens (tertiary/aromatic N) is 3. The average molecular weight is 424 g/mol. The topological polar surface area (TPSA) is 29.0 Å². The van der Waals surface area contributed by atoms with Gasteiger partial charge in [-0.05, 0) is 96.7 Å². The molecule has 0 spiro atoms. The highest BCUT2D eigenvalue weighted by atomic mass is 15.1. The Balaban J connectivity index is 0.000000314. The van der Waals surface area contributed by atoms with Crippen molar-refractivity contribution in [1.82, 2.24) is 14.9 Å². The molecular formula is C29H33N3. The van der Waals surface area contributed by atoms with E-state index in [2.05, 4.69) is 63.4 Å². The van der Waals surface area contributed by atoms with Gasteiger partial charge in [-0.2, -0.15) is 0 Å². The van der Waals surface area contributed by atoms with Crippen LogP contribution in [0.3, 0.4) is 0 Å². The van der Waals surface area contributed by atoms with E-state index in [1.54, 1.807) is 35.9 Å². The highest BCUT2D eigenvalue weighted by molar-refractivity contribution is 6.08. The summed E-state index contributed by atoms with van der Waals surface area (Å²) in [6.07, 6.45) is 16.1. The van der Waals surface area contributed by atoms with Crippen LogP contribution in [-0.4, -0.2) is 34.5 Å². The van der Waals surface area contributed by atoms with Crippen LogP contribution in [0.4, 0.5) is 0 Å². The van der Waals surface area contributed by atoms with Gasteiger partial charge in [0, 0.05) is 24.8 Å². The van der Waals surface area contributed by atoms with Crippen LogP contribution < -0.4 is 0 Å². The smallest absolute Gasteiger partial charge is 0.0451 e. The molecule has 4 aromatic rings. The molecule has 6 rings (SSSR count). The monoisotopic (exact) mass is 423 g/mol. The quantitative estimate of drug-likeness (QED) is 0.355. The normalized spacial score (nSPS) is 18.7. The second-order valence-electron chi connectivity index (χ2n) is 9.28. The van der Waals surface area contributed by atoms with Gasteiger partial charge in [0.15, 0.2) is 0 Å². The molecule has 0 amide bonds. The van der Waals surface area contributed by atoms with Crippen molar-refractivity contribution in [3.63, 3.8) is 0 Å². The zero-order valence-corrected chi connectivity index (χ0v) is 18.9. The minimum Gasteiger partial charge on any atom is -0.303 e. The average Bonchev–Trinajstić information content (AvgIpc) is 2.89. The van der Waals surface area contributed by atoms with Gasteiger partial charge in [0.2, 0.25) is 0 Å². The van der Waals surface area contributed by atoms with E-state index in [0.29, 0.717) is 0 Å². The summed E-state index contributed by atoms with van der Waals surface area (Å²) in [6, 6.07) is 18.3. The van der Waals surface area contributed by atoms with Crippen molar-refractivity contribution in [3.05, 3.63) is 84.4 Å². The Morgan fingerprint density at radius 1 is 0.750 bits per heavy atom. The fourth-order valence-electron chi connectivity index (χ4n) is 5.49. The first-order valence-corrected chi connectivity index (χ1v) is 12.2. The molecule has 2 heterocycles. The van der Waals surface area contributed by atoms with Crippen molar-refractivity contribution in [1.29, 1.82) is 0 Å². The molecule has 1 aliphatic heterocycles. The van der Waals surface area contributed by atoms with Gasteiger partial charge in [-0.3, -0.25) is 9.97 Å². The number of hydrogen-bond donors (Lipinski definition) is 0. The fraction of sp³-hybridized carbons (Fsp3) is 0.379. The van der Waals surface area contributed by atoms with Gasteiger partial charge in [0.25, 0.3) is 0 Å². The molecule has 1 unspecified atom stereocenters. The summed E-state index contributed by atoms with van der Waals surface area (Å²) in [5.41, 5.74) is 3.24. The molecule has 32 heavy (non-hydrogen) atoms. The first-order valence-electron chi connectivity index (χ1n) is 12.2. The fourth-order valence-corrected chi connectivity index (χ4v) is 5.49. The minimum atomic E-state index is 0.877. The van der Waals surface area contributed by atoms with E-state index in [0.717, 1.165) is 5.92 Å². The molecular weight excluding hydrogens is 390 g/mol. The highest BCUT2D eigenvalue weighted by Gasteiger charge is 2.21. The van der Waals surface area contributed by atoms with Crippen molar-refractivity contribution in [2.24, 2.45) is 5.92 Å². The Morgan fingerprint density at radius 3 is 2.28 bits per heavy atom. The standard InChI is InChI=1S/C25H29N.C4H4N2/c1-4-15-26(16-5-1)17-14-19-8-11-23-21(18-19)10-13-24-22-7-3-2-6-20(22)9-12-25(23)24;1-2-6-4-3-5-1/h2-3,6-7,9-10,12-13,19H,1,4-5,8,11,14-18H2;1-4H. The zero-order chi connectivity index (χ0) is 21.6. The number of piperidine rings is 1. The van der Waals surface area contributed by atoms with Crippen LogP contribution in [0.1, 0.15) is 43.2 Å². The molecule has 0 N–H and O–H groups in total. The number of aromatic nitrogens is 2. The maximum atomic E-state index is 3.72. The minimum absolute atomic E-state index is 0.877. The summed E-state index contributed by atoms with van der Waals surface area (Å²) >= 11 is 0. The third kappa shape index (κ3) is 4.83. The molecule has 0 radical (unpaired) electrons. The van der Waals surface area contributed by atoms with Crippen LogP contribution in [0, 0.1) is 5.92 Å². The van der Waals surface area contributed by atoms with Crippen LogP contribution >= 0.6 is 0 Å². The van der Waals surface area contributed by atoms with Gasteiger partial charge in [-0.25, -0.2) is 0 Å². The molecule has 1 fully saturated rings. The number of benzene rings is 3. The van der Waals surface area contributed by atoms with Crippen molar-refractivity contribution in [2.75, 3.05) is 19.6 Å². The lowest BCUT2D eigenvalue weighted by Gasteiger charge is -2.30. The third-order valence-electron chi connectivity index (χ3n) is 7.23. The molecule has 3 heteroatoms. The Morgan fingerprint density at radius 2 is 1.50 bits per heavy atom. The van der Waals surface area contributed by atoms with Crippen molar-refractivity contribution < 1.29 is 0 Å². The molecule has 1 aromatic heterocycles. The summed E-state index contributed by atoms with van der Waals surface area (Å²) in [5.74, 6) is 0.877. The molecule has 1 saturated heterocycles. The maximum Gasteiger partial charge on any atom is 0.0451 e. The Kier molecular flexibility index (Phi) is 6.74. The third-order valence-corrected chi connectivity index (χ3v) is 7.23. The van der Waals surface area contributed by atoms with Crippen LogP contribution in [-0.2, 0) is 12.8 Å². The van der Waals surface area contributed by atoms with E-state index in [1.165, 1.54) is 86.1 Å². The summed E-state index contributed by atoms with van der Waals surface area (Å²) in [6.45, 7) is 3.99. The maximum absolute atomic E-state index is 3.72. The first kappa shape index (κ1) is 21.1.